The van der Waals surface area contributed by atoms with Crippen molar-refractivity contribution in [2.75, 3.05) is 6.16 Å². The fourth-order valence-corrected chi connectivity index (χ4v) is 2.57. The first kappa shape index (κ1) is 11.6. The minimum Gasteiger partial charge on any atom is -0.156 e. The van der Waals surface area contributed by atoms with Gasteiger partial charge in [-0.1, -0.05) is 13.8 Å². The van der Waals surface area contributed by atoms with Crippen molar-refractivity contribution in [1.82, 2.24) is 10.2 Å². The first-order valence-electron chi connectivity index (χ1n) is 5.31. The van der Waals surface area contributed by atoms with Gasteiger partial charge in [-0.3, -0.25) is 0 Å². The highest BCUT2D eigenvalue weighted by Crippen LogP contribution is 2.48. The lowest BCUT2D eigenvalue weighted by molar-refractivity contribution is 0.795. The largest absolute Gasteiger partial charge is 0.156 e. The highest BCUT2D eigenvalue weighted by Gasteiger charge is 2.21. The van der Waals surface area contributed by atoms with Gasteiger partial charge in [-0.2, -0.15) is 10.2 Å². The van der Waals surface area contributed by atoms with E-state index in [1.807, 2.05) is 20.8 Å². The van der Waals surface area contributed by atoms with E-state index in [4.69, 9.17) is 0 Å². The molecule has 1 aromatic heterocycles. The van der Waals surface area contributed by atoms with Crippen LogP contribution in [0.2, 0.25) is 0 Å². The molecule has 2 nitrogen and oxygen atoms in total. The van der Waals surface area contributed by atoms with Gasteiger partial charge in [0.25, 0.3) is 0 Å². The van der Waals surface area contributed by atoms with Crippen LogP contribution in [0.1, 0.15) is 42.9 Å². The summed E-state index contributed by atoms with van der Waals surface area (Å²) in [5, 5.41) is 8.17. The Hall–Kier alpha value is -0.490. The van der Waals surface area contributed by atoms with E-state index in [9.17, 15) is 0 Å². The minimum atomic E-state index is 0.805. The van der Waals surface area contributed by atoms with Crippen LogP contribution in [0.3, 0.4) is 0 Å². The second-order valence-corrected chi connectivity index (χ2v) is 4.93. The molecular formula is C11H19N2P. The summed E-state index contributed by atoms with van der Waals surface area (Å²) < 4.78 is 0. The van der Waals surface area contributed by atoms with Gasteiger partial charge in [-0.25, -0.2) is 0 Å². The SMILES string of the molecule is CC.Cc1cc(C2CCP2)c(C)nn1. The van der Waals surface area contributed by atoms with Crippen molar-refractivity contribution < 1.29 is 0 Å². The molecule has 1 fully saturated rings. The highest BCUT2D eigenvalue weighted by atomic mass is 31.1. The number of hydrogen-bond acceptors (Lipinski definition) is 2. The quantitative estimate of drug-likeness (QED) is 0.665. The molecule has 0 radical (unpaired) electrons. The van der Waals surface area contributed by atoms with E-state index < -0.39 is 0 Å². The summed E-state index contributed by atoms with van der Waals surface area (Å²) in [6.45, 7) is 8.07. The van der Waals surface area contributed by atoms with E-state index in [-0.39, 0.29) is 0 Å². The molecule has 0 N–H and O–H groups in total. The number of hydrogen-bond donors (Lipinski definition) is 0. The molecule has 2 unspecified atom stereocenters. The molecule has 0 aliphatic carbocycles. The maximum atomic E-state index is 4.14. The smallest absolute Gasteiger partial charge is 0.0638 e. The number of nitrogens with zero attached hydrogens (tertiary/aromatic N) is 2. The van der Waals surface area contributed by atoms with Crippen molar-refractivity contribution in [3.8, 4) is 0 Å². The zero-order valence-corrected chi connectivity index (χ0v) is 10.5. The van der Waals surface area contributed by atoms with E-state index in [0.29, 0.717) is 0 Å². The van der Waals surface area contributed by atoms with Crippen molar-refractivity contribution in [1.29, 1.82) is 0 Å². The fraction of sp³-hybridized carbons (Fsp3) is 0.636. The molecule has 3 heteroatoms. The normalized spacial score (nSPS) is 21.0. The zero-order valence-electron chi connectivity index (χ0n) is 9.46. The van der Waals surface area contributed by atoms with Gasteiger partial charge in [0.15, 0.2) is 0 Å². The van der Waals surface area contributed by atoms with E-state index in [0.717, 1.165) is 25.6 Å². The van der Waals surface area contributed by atoms with Crippen LogP contribution in [0.25, 0.3) is 0 Å². The van der Waals surface area contributed by atoms with Gasteiger partial charge in [-0.05, 0) is 38.1 Å². The second-order valence-electron chi connectivity index (χ2n) is 3.32. The number of rotatable bonds is 1. The van der Waals surface area contributed by atoms with Gasteiger partial charge in [0.2, 0.25) is 0 Å². The summed E-state index contributed by atoms with van der Waals surface area (Å²) in [5.41, 5.74) is 4.41. The average molecular weight is 210 g/mol. The highest BCUT2D eigenvalue weighted by molar-refractivity contribution is 7.40. The Morgan fingerprint density at radius 3 is 2.43 bits per heavy atom. The second kappa shape index (κ2) is 5.41. The van der Waals surface area contributed by atoms with Crippen LogP contribution in [-0.4, -0.2) is 16.4 Å². The van der Waals surface area contributed by atoms with Gasteiger partial charge in [0.1, 0.15) is 0 Å². The summed E-state index contributed by atoms with van der Waals surface area (Å²) in [7, 11) is 1.11. The monoisotopic (exact) mass is 210 g/mol. The Balaban J connectivity index is 0.000000461. The Labute approximate surface area is 88.3 Å². The Bertz CT molecular complexity index is 295. The Kier molecular flexibility index (Phi) is 4.47. The van der Waals surface area contributed by atoms with Gasteiger partial charge >= 0.3 is 0 Å². The average Bonchev–Trinajstić information content (AvgIpc) is 2.12. The van der Waals surface area contributed by atoms with Crippen molar-refractivity contribution in [2.45, 2.75) is 39.8 Å². The maximum absolute atomic E-state index is 4.14. The standard InChI is InChI=1S/C9H13N2P.C2H6/c1-6-5-8(7(2)11-10-6)9-3-4-12-9;1-2/h5,9,12H,3-4H2,1-2H3;1-2H3. The molecular weight excluding hydrogens is 191 g/mol. The summed E-state index contributed by atoms with van der Waals surface area (Å²) in [6, 6.07) is 2.19. The van der Waals surface area contributed by atoms with E-state index in [2.05, 4.69) is 23.2 Å². The van der Waals surface area contributed by atoms with E-state index >= 15 is 0 Å². The van der Waals surface area contributed by atoms with Crippen LogP contribution >= 0.6 is 8.58 Å². The third-order valence-electron chi connectivity index (χ3n) is 2.34. The van der Waals surface area contributed by atoms with Crippen LogP contribution in [0.15, 0.2) is 6.07 Å². The topological polar surface area (TPSA) is 25.8 Å². The Morgan fingerprint density at radius 1 is 1.29 bits per heavy atom. The molecule has 0 aromatic carbocycles. The van der Waals surface area contributed by atoms with E-state index in [1.165, 1.54) is 18.1 Å². The van der Waals surface area contributed by atoms with Gasteiger partial charge in [0, 0.05) is 5.66 Å². The van der Waals surface area contributed by atoms with Gasteiger partial charge in [0.05, 0.1) is 11.4 Å². The fourth-order valence-electron chi connectivity index (χ4n) is 1.48. The Morgan fingerprint density at radius 2 is 1.93 bits per heavy atom. The van der Waals surface area contributed by atoms with Crippen molar-refractivity contribution in [3.05, 3.63) is 23.0 Å². The number of aromatic nitrogens is 2. The first-order valence-corrected chi connectivity index (χ1v) is 6.60. The number of aryl methyl sites for hydroxylation is 2. The molecule has 0 amide bonds. The predicted molar refractivity (Wildman–Crippen MR) is 63.4 cm³/mol. The molecule has 2 heterocycles. The molecule has 1 saturated heterocycles. The lowest BCUT2D eigenvalue weighted by atomic mass is 10.1. The molecule has 2 rings (SSSR count). The maximum Gasteiger partial charge on any atom is 0.0638 e. The predicted octanol–water partition coefficient (Wildman–Crippen LogP) is 3.24. The minimum absolute atomic E-state index is 0.805. The molecule has 0 saturated carbocycles. The third kappa shape index (κ3) is 2.51. The van der Waals surface area contributed by atoms with Crippen LogP contribution in [0.4, 0.5) is 0 Å². The molecule has 14 heavy (non-hydrogen) atoms. The van der Waals surface area contributed by atoms with Crippen molar-refractivity contribution in [3.63, 3.8) is 0 Å². The summed E-state index contributed by atoms with van der Waals surface area (Å²) in [6.07, 6.45) is 2.76. The summed E-state index contributed by atoms with van der Waals surface area (Å²) in [4.78, 5) is 0. The summed E-state index contributed by atoms with van der Waals surface area (Å²) >= 11 is 0. The third-order valence-corrected chi connectivity index (χ3v) is 4.01. The molecule has 0 spiro atoms. The van der Waals surface area contributed by atoms with E-state index in [1.54, 1.807) is 0 Å². The summed E-state index contributed by atoms with van der Waals surface area (Å²) in [5.74, 6) is 0. The lowest BCUT2D eigenvalue weighted by Crippen LogP contribution is -2.08. The van der Waals surface area contributed by atoms with Crippen LogP contribution in [0.5, 0.6) is 0 Å². The molecule has 1 aromatic rings. The molecule has 0 bridgehead atoms. The molecule has 2 atom stereocenters. The molecule has 1 aliphatic rings. The van der Waals surface area contributed by atoms with Crippen LogP contribution < -0.4 is 0 Å². The van der Waals surface area contributed by atoms with Gasteiger partial charge in [-0.15, -0.1) is 8.58 Å². The van der Waals surface area contributed by atoms with Gasteiger partial charge < -0.3 is 0 Å². The lowest BCUT2D eigenvalue weighted by Gasteiger charge is -2.26. The first-order chi connectivity index (χ1) is 6.77. The van der Waals surface area contributed by atoms with Crippen LogP contribution in [0, 0.1) is 13.8 Å². The molecule has 78 valence electrons. The van der Waals surface area contributed by atoms with Crippen molar-refractivity contribution >= 4 is 8.58 Å². The molecule has 1 aliphatic heterocycles. The van der Waals surface area contributed by atoms with Crippen molar-refractivity contribution in [2.24, 2.45) is 0 Å². The van der Waals surface area contributed by atoms with Crippen LogP contribution in [-0.2, 0) is 0 Å². The zero-order chi connectivity index (χ0) is 10.6.